The van der Waals surface area contributed by atoms with Crippen LogP contribution in [0, 0.1) is 0 Å². The van der Waals surface area contributed by atoms with Crippen molar-refractivity contribution in [3.05, 3.63) is 101 Å². The number of fused-ring (bicyclic) bond motifs is 1. The lowest BCUT2D eigenvalue weighted by atomic mass is 9.82. The first-order chi connectivity index (χ1) is 14.8. The molecule has 0 bridgehead atoms. The summed E-state index contributed by atoms with van der Waals surface area (Å²) in [6, 6.07) is 22.2. The molecule has 0 aromatic heterocycles. The molecule has 2 aliphatic rings. The Labute approximate surface area is 193 Å². The van der Waals surface area contributed by atoms with Gasteiger partial charge in [-0.05, 0) is 59.5 Å². The number of rotatable bonds is 3. The van der Waals surface area contributed by atoms with Gasteiger partial charge < -0.3 is 4.90 Å². The van der Waals surface area contributed by atoms with Crippen LogP contribution in [0.3, 0.4) is 0 Å². The smallest absolute Gasteiger partial charge is 0.247 e. The van der Waals surface area contributed by atoms with E-state index in [1.165, 1.54) is 0 Å². The fraction of sp³-hybridized carbons (Fsp3) is 0.160. The lowest BCUT2D eigenvalue weighted by Gasteiger charge is -2.35. The van der Waals surface area contributed by atoms with Crippen LogP contribution in [0.2, 0.25) is 10.0 Å². The molecule has 6 heteroatoms. The van der Waals surface area contributed by atoms with Gasteiger partial charge in [0.1, 0.15) is 4.75 Å². The first-order valence-electron chi connectivity index (χ1n) is 9.83. The van der Waals surface area contributed by atoms with Gasteiger partial charge in [0.25, 0.3) is 0 Å². The highest BCUT2D eigenvalue weighted by molar-refractivity contribution is 7.88. The number of amides is 1. The molecule has 1 spiro atoms. The Kier molecular flexibility index (Phi) is 4.67. The van der Waals surface area contributed by atoms with E-state index in [9.17, 15) is 9.00 Å². The van der Waals surface area contributed by atoms with Crippen LogP contribution >= 0.6 is 23.2 Å². The number of carbonyl (C=O) groups excluding carboxylic acids is 1. The average molecular weight is 468 g/mol. The number of nitrogens with zero attached hydrogens (tertiary/aromatic N) is 1. The summed E-state index contributed by atoms with van der Waals surface area (Å²) in [6.07, 6.45) is 0.410. The van der Waals surface area contributed by atoms with Gasteiger partial charge in [-0.2, -0.15) is 0 Å². The molecule has 1 amide bonds. The minimum atomic E-state index is -1.55. The van der Waals surface area contributed by atoms with Crippen LogP contribution in [0.25, 0.3) is 5.57 Å². The molecule has 3 aromatic rings. The summed E-state index contributed by atoms with van der Waals surface area (Å²) in [6.45, 7) is 4.41. The minimum absolute atomic E-state index is 0.158. The van der Waals surface area contributed by atoms with E-state index in [0.717, 1.165) is 16.7 Å². The van der Waals surface area contributed by atoms with Crippen LogP contribution in [-0.4, -0.2) is 21.9 Å². The first kappa shape index (κ1) is 20.5. The van der Waals surface area contributed by atoms with Crippen LogP contribution in [0.5, 0.6) is 0 Å². The van der Waals surface area contributed by atoms with E-state index in [0.29, 0.717) is 27.0 Å². The summed E-state index contributed by atoms with van der Waals surface area (Å²) in [4.78, 5) is 16.1. The summed E-state index contributed by atoms with van der Waals surface area (Å²) < 4.78 is 12.9. The molecule has 1 heterocycles. The van der Waals surface area contributed by atoms with Gasteiger partial charge in [-0.3, -0.25) is 9.00 Å². The van der Waals surface area contributed by atoms with Gasteiger partial charge in [0.2, 0.25) is 5.91 Å². The van der Waals surface area contributed by atoms with Crippen molar-refractivity contribution < 1.29 is 9.00 Å². The number of anilines is 1. The second-order valence-corrected chi connectivity index (χ2v) is 10.5. The standard InChI is InChI=1S/C25H19Cl2NO2S/c1-16(17-7-11-19(26)12-8-17)24(18-9-13-20(27)14-10-18)15-25(24)23(29)28(2)21-5-3-4-6-22(21)31(25)30/h3-14H,1,15H2,2H3. The molecule has 0 radical (unpaired) electrons. The van der Waals surface area contributed by atoms with Crippen LogP contribution < -0.4 is 4.90 Å². The van der Waals surface area contributed by atoms with E-state index >= 15 is 0 Å². The maximum Gasteiger partial charge on any atom is 0.247 e. The number of benzene rings is 3. The van der Waals surface area contributed by atoms with E-state index in [4.69, 9.17) is 23.2 Å². The number of halogens is 2. The lowest BCUT2D eigenvalue weighted by Crippen LogP contribution is -2.49. The Balaban J connectivity index is 1.73. The SMILES string of the molecule is C=C(c1ccc(Cl)cc1)C1(c2ccc(Cl)cc2)CC12C(=O)N(C)c1ccccc1S2=O. The number of hydrogen-bond donors (Lipinski definition) is 0. The van der Waals surface area contributed by atoms with Crippen LogP contribution in [0.4, 0.5) is 5.69 Å². The Bertz CT molecular complexity index is 1260. The normalized spacial score (nSPS) is 26.6. The fourth-order valence-electron chi connectivity index (χ4n) is 4.84. The molecule has 0 N–H and O–H groups in total. The average Bonchev–Trinajstić information content (AvgIpc) is 3.49. The molecule has 1 aliphatic carbocycles. The maximum atomic E-state index is 14.0. The van der Waals surface area contributed by atoms with Gasteiger partial charge in [-0.25, -0.2) is 0 Å². The van der Waals surface area contributed by atoms with E-state index in [1.54, 1.807) is 36.2 Å². The molecule has 3 nitrogen and oxygen atoms in total. The van der Waals surface area contributed by atoms with Crippen molar-refractivity contribution in [3.8, 4) is 0 Å². The minimum Gasteiger partial charge on any atom is -0.313 e. The number of carbonyl (C=O) groups is 1. The molecule has 3 atom stereocenters. The van der Waals surface area contributed by atoms with Crippen molar-refractivity contribution in [1.82, 2.24) is 0 Å². The van der Waals surface area contributed by atoms with Gasteiger partial charge in [-0.1, -0.05) is 66.2 Å². The predicted molar refractivity (Wildman–Crippen MR) is 127 cm³/mol. The Morgan fingerprint density at radius 3 is 2.19 bits per heavy atom. The van der Waals surface area contributed by atoms with Crippen molar-refractivity contribution in [3.63, 3.8) is 0 Å². The Hall–Kier alpha value is -2.40. The van der Waals surface area contributed by atoms with Crippen LogP contribution in [-0.2, 0) is 21.0 Å². The van der Waals surface area contributed by atoms with Crippen LogP contribution in [0.1, 0.15) is 17.5 Å². The summed E-state index contributed by atoms with van der Waals surface area (Å²) in [5.74, 6) is -0.158. The molecule has 1 aliphatic heterocycles. The third-order valence-electron chi connectivity index (χ3n) is 6.52. The largest absolute Gasteiger partial charge is 0.313 e. The monoisotopic (exact) mass is 467 g/mol. The highest BCUT2D eigenvalue weighted by Crippen LogP contribution is 2.70. The van der Waals surface area contributed by atoms with E-state index in [2.05, 4.69) is 6.58 Å². The topological polar surface area (TPSA) is 37.4 Å². The number of hydrogen-bond acceptors (Lipinski definition) is 2. The first-order valence-corrected chi connectivity index (χ1v) is 11.7. The molecule has 31 heavy (non-hydrogen) atoms. The predicted octanol–water partition coefficient (Wildman–Crippen LogP) is 5.87. The molecule has 1 fully saturated rings. The highest BCUT2D eigenvalue weighted by atomic mass is 35.5. The fourth-order valence-corrected chi connectivity index (χ4v) is 7.27. The van der Waals surface area contributed by atoms with Gasteiger partial charge in [0, 0.05) is 22.5 Å². The second-order valence-electron chi connectivity index (χ2n) is 8.00. The van der Waals surface area contributed by atoms with Crippen molar-refractivity contribution in [2.75, 3.05) is 11.9 Å². The van der Waals surface area contributed by atoms with E-state index in [1.807, 2.05) is 48.5 Å². The van der Waals surface area contributed by atoms with Crippen molar-refractivity contribution >= 4 is 51.2 Å². The summed E-state index contributed by atoms with van der Waals surface area (Å²) in [5, 5.41) is 1.22. The molecule has 156 valence electrons. The number of para-hydroxylation sites is 1. The third kappa shape index (κ3) is 2.72. The summed E-state index contributed by atoms with van der Waals surface area (Å²) in [7, 11) is 0.195. The van der Waals surface area contributed by atoms with E-state index in [-0.39, 0.29) is 5.91 Å². The summed E-state index contributed by atoms with van der Waals surface area (Å²) in [5.41, 5.74) is 2.37. The second kappa shape index (κ2) is 7.06. The molecule has 3 aromatic carbocycles. The Morgan fingerprint density at radius 2 is 1.55 bits per heavy atom. The molecule has 3 unspecified atom stereocenters. The zero-order chi connectivity index (χ0) is 22.0. The maximum absolute atomic E-state index is 14.0. The zero-order valence-corrected chi connectivity index (χ0v) is 19.1. The molecular weight excluding hydrogens is 449 g/mol. The highest BCUT2D eigenvalue weighted by Gasteiger charge is 2.79. The summed E-state index contributed by atoms with van der Waals surface area (Å²) >= 11 is 12.2. The molecule has 0 saturated heterocycles. The van der Waals surface area contributed by atoms with Gasteiger partial charge in [0.15, 0.2) is 0 Å². The van der Waals surface area contributed by atoms with Crippen molar-refractivity contribution in [1.29, 1.82) is 0 Å². The quantitative estimate of drug-likeness (QED) is 0.482. The molecular formula is C25H19Cl2NO2S. The Morgan fingerprint density at radius 1 is 0.968 bits per heavy atom. The molecule has 1 saturated carbocycles. The van der Waals surface area contributed by atoms with E-state index < -0.39 is 21.0 Å². The van der Waals surface area contributed by atoms with Crippen molar-refractivity contribution in [2.24, 2.45) is 0 Å². The molecule has 5 rings (SSSR count). The van der Waals surface area contributed by atoms with Gasteiger partial charge in [0.05, 0.1) is 21.4 Å². The zero-order valence-electron chi connectivity index (χ0n) is 16.8. The third-order valence-corrected chi connectivity index (χ3v) is 9.07. The lowest BCUT2D eigenvalue weighted by molar-refractivity contribution is -0.119. The van der Waals surface area contributed by atoms with Gasteiger partial charge >= 0.3 is 0 Å². The van der Waals surface area contributed by atoms with Crippen LogP contribution in [0.15, 0.2) is 84.3 Å². The van der Waals surface area contributed by atoms with Gasteiger partial charge in [-0.15, -0.1) is 0 Å². The van der Waals surface area contributed by atoms with Crippen molar-refractivity contribution in [2.45, 2.75) is 21.5 Å². The number of allylic oxidation sites excluding steroid dienone is 1.